The van der Waals surface area contributed by atoms with Crippen molar-refractivity contribution in [3.8, 4) is 11.5 Å². The summed E-state index contributed by atoms with van der Waals surface area (Å²) in [4.78, 5) is 0. The predicted molar refractivity (Wildman–Crippen MR) is 86.2 cm³/mol. The van der Waals surface area contributed by atoms with Gasteiger partial charge in [0, 0.05) is 23.0 Å². The largest absolute Gasteiger partial charge is 0.497 e. The molecular weight excluding hydrogens is 286 g/mol. The lowest BCUT2D eigenvalue weighted by Gasteiger charge is -2.14. The van der Waals surface area contributed by atoms with E-state index in [1.54, 1.807) is 7.11 Å². The number of ether oxygens (including phenoxy) is 2. The van der Waals surface area contributed by atoms with Crippen LogP contribution in [0.3, 0.4) is 0 Å². The van der Waals surface area contributed by atoms with Gasteiger partial charge in [-0.1, -0.05) is 23.7 Å². The van der Waals surface area contributed by atoms with Gasteiger partial charge in [0.15, 0.2) is 0 Å². The van der Waals surface area contributed by atoms with Gasteiger partial charge in [-0.25, -0.2) is 0 Å². The number of methoxy groups -OCH3 is 1. The maximum Gasteiger partial charge on any atom is 0.124 e. The van der Waals surface area contributed by atoms with Crippen LogP contribution in [-0.4, -0.2) is 13.7 Å². The second-order valence-corrected chi connectivity index (χ2v) is 5.35. The third kappa shape index (κ3) is 4.38. The van der Waals surface area contributed by atoms with E-state index in [2.05, 4.69) is 0 Å². The predicted octanol–water partition coefficient (Wildman–Crippen LogP) is 3.99. The van der Waals surface area contributed by atoms with Crippen LogP contribution in [0.15, 0.2) is 42.5 Å². The van der Waals surface area contributed by atoms with E-state index in [0.29, 0.717) is 11.6 Å². The average Bonchev–Trinajstić information content (AvgIpc) is 2.49. The van der Waals surface area contributed by atoms with Gasteiger partial charge in [-0.15, -0.1) is 0 Å². The van der Waals surface area contributed by atoms with E-state index >= 15 is 0 Å². The fourth-order valence-electron chi connectivity index (χ4n) is 2.08. The molecule has 0 aliphatic heterocycles. The number of hydrogen-bond acceptors (Lipinski definition) is 3. The average molecular weight is 306 g/mol. The lowest BCUT2D eigenvalue weighted by Crippen LogP contribution is -2.09. The summed E-state index contributed by atoms with van der Waals surface area (Å²) in [6.07, 6.45) is 0.824. The smallest absolute Gasteiger partial charge is 0.124 e. The van der Waals surface area contributed by atoms with E-state index in [0.717, 1.165) is 23.5 Å². The molecule has 0 bridgehead atoms. The highest BCUT2D eigenvalue weighted by Gasteiger charge is 2.09. The normalized spacial score (nSPS) is 12.0. The molecular formula is C17H20ClNO2. The summed E-state index contributed by atoms with van der Waals surface area (Å²) >= 11 is 6.00. The van der Waals surface area contributed by atoms with Gasteiger partial charge in [0.1, 0.15) is 11.5 Å². The Bertz CT molecular complexity index is 582. The minimum Gasteiger partial charge on any atom is -0.497 e. The number of benzene rings is 2. The highest BCUT2D eigenvalue weighted by molar-refractivity contribution is 6.30. The summed E-state index contributed by atoms with van der Waals surface area (Å²) in [5, 5.41) is 0.671. The van der Waals surface area contributed by atoms with Gasteiger partial charge >= 0.3 is 0 Å². The van der Waals surface area contributed by atoms with Crippen LogP contribution in [0.4, 0.5) is 0 Å². The third-order valence-electron chi connectivity index (χ3n) is 3.27. The third-order valence-corrected chi connectivity index (χ3v) is 3.50. The van der Waals surface area contributed by atoms with Crippen LogP contribution in [0.25, 0.3) is 0 Å². The number of hydrogen-bond donors (Lipinski definition) is 1. The summed E-state index contributed by atoms with van der Waals surface area (Å²) in [6, 6.07) is 13.4. The van der Waals surface area contributed by atoms with Crippen molar-refractivity contribution in [3.05, 3.63) is 58.6 Å². The second kappa shape index (κ2) is 7.34. The van der Waals surface area contributed by atoms with Crippen molar-refractivity contribution < 1.29 is 9.47 Å². The molecule has 0 aromatic heterocycles. The molecule has 2 N–H and O–H groups in total. The zero-order valence-electron chi connectivity index (χ0n) is 12.3. The maximum absolute atomic E-state index is 6.00. The summed E-state index contributed by atoms with van der Waals surface area (Å²) in [6.45, 7) is 2.51. The summed E-state index contributed by atoms with van der Waals surface area (Å²) in [5.74, 6) is 1.65. The van der Waals surface area contributed by atoms with E-state index in [4.69, 9.17) is 26.8 Å². The van der Waals surface area contributed by atoms with E-state index in [1.807, 2.05) is 49.4 Å². The molecule has 2 aromatic carbocycles. The van der Waals surface area contributed by atoms with Crippen LogP contribution >= 0.6 is 11.6 Å². The Balaban J connectivity index is 1.96. The number of nitrogens with two attached hydrogens (primary N) is 1. The summed E-state index contributed by atoms with van der Waals surface area (Å²) < 4.78 is 11.0. The number of rotatable bonds is 6. The topological polar surface area (TPSA) is 44.5 Å². The Morgan fingerprint density at radius 1 is 1.14 bits per heavy atom. The Labute approximate surface area is 130 Å². The highest BCUT2D eigenvalue weighted by atomic mass is 35.5. The molecule has 3 nitrogen and oxygen atoms in total. The van der Waals surface area contributed by atoms with Gasteiger partial charge in [0.2, 0.25) is 0 Å². The lowest BCUT2D eigenvalue weighted by molar-refractivity contribution is 0.317. The first-order valence-electron chi connectivity index (χ1n) is 6.91. The van der Waals surface area contributed by atoms with E-state index in [1.165, 1.54) is 5.56 Å². The van der Waals surface area contributed by atoms with E-state index in [-0.39, 0.29) is 6.04 Å². The quantitative estimate of drug-likeness (QED) is 0.877. The van der Waals surface area contributed by atoms with Gasteiger partial charge in [0.25, 0.3) is 0 Å². The highest BCUT2D eigenvalue weighted by Crippen LogP contribution is 2.27. The zero-order valence-corrected chi connectivity index (χ0v) is 13.1. The van der Waals surface area contributed by atoms with Crippen LogP contribution in [0.1, 0.15) is 24.1 Å². The standard InChI is InChI=1S/C17H20ClNO2/c1-12(19)16-11-14(18)5-8-17(16)21-10-9-13-3-6-15(20-2)7-4-13/h3-8,11-12H,9-10,19H2,1-2H3/t12-/m0/s1. The molecule has 1 atom stereocenters. The van der Waals surface area contributed by atoms with E-state index in [9.17, 15) is 0 Å². The monoisotopic (exact) mass is 305 g/mol. The molecule has 0 spiro atoms. The molecule has 2 rings (SSSR count). The minimum atomic E-state index is -0.111. The molecule has 2 aromatic rings. The Morgan fingerprint density at radius 3 is 2.48 bits per heavy atom. The molecule has 0 aliphatic rings. The molecule has 0 amide bonds. The van der Waals surface area contributed by atoms with Crippen LogP contribution in [0.2, 0.25) is 5.02 Å². The molecule has 112 valence electrons. The molecule has 0 heterocycles. The fourth-order valence-corrected chi connectivity index (χ4v) is 2.26. The maximum atomic E-state index is 6.00. The van der Waals surface area contributed by atoms with Gasteiger partial charge in [-0.3, -0.25) is 0 Å². The SMILES string of the molecule is COc1ccc(CCOc2ccc(Cl)cc2[C@H](C)N)cc1. The van der Waals surface area contributed by atoms with Crippen molar-refractivity contribution in [3.63, 3.8) is 0 Å². The number of halogens is 1. The van der Waals surface area contributed by atoms with Crippen molar-refractivity contribution >= 4 is 11.6 Å². The Morgan fingerprint density at radius 2 is 1.86 bits per heavy atom. The molecule has 0 fully saturated rings. The summed E-state index contributed by atoms with van der Waals surface area (Å²) in [7, 11) is 1.66. The van der Waals surface area contributed by atoms with E-state index < -0.39 is 0 Å². The van der Waals surface area contributed by atoms with Crippen molar-refractivity contribution in [2.75, 3.05) is 13.7 Å². The molecule has 0 unspecified atom stereocenters. The van der Waals surface area contributed by atoms with Gasteiger partial charge in [0.05, 0.1) is 13.7 Å². The Hall–Kier alpha value is -1.71. The molecule has 4 heteroatoms. The van der Waals surface area contributed by atoms with Crippen molar-refractivity contribution in [1.82, 2.24) is 0 Å². The molecule has 0 aliphatic carbocycles. The van der Waals surface area contributed by atoms with Gasteiger partial charge < -0.3 is 15.2 Å². The first kappa shape index (κ1) is 15.7. The first-order chi connectivity index (χ1) is 10.1. The Kier molecular flexibility index (Phi) is 5.48. The van der Waals surface area contributed by atoms with Crippen LogP contribution in [0.5, 0.6) is 11.5 Å². The van der Waals surface area contributed by atoms with Gasteiger partial charge in [-0.2, -0.15) is 0 Å². The minimum absolute atomic E-state index is 0.111. The molecule has 0 saturated carbocycles. The molecule has 0 radical (unpaired) electrons. The van der Waals surface area contributed by atoms with Gasteiger partial charge in [-0.05, 0) is 42.8 Å². The van der Waals surface area contributed by atoms with Crippen LogP contribution in [0, 0.1) is 0 Å². The lowest BCUT2D eigenvalue weighted by atomic mass is 10.1. The first-order valence-corrected chi connectivity index (χ1v) is 7.28. The molecule has 21 heavy (non-hydrogen) atoms. The van der Waals surface area contributed by atoms with Crippen molar-refractivity contribution in [1.29, 1.82) is 0 Å². The fraction of sp³-hybridized carbons (Fsp3) is 0.294. The summed E-state index contributed by atoms with van der Waals surface area (Å²) in [5.41, 5.74) is 8.07. The second-order valence-electron chi connectivity index (χ2n) is 4.92. The van der Waals surface area contributed by atoms with Crippen molar-refractivity contribution in [2.45, 2.75) is 19.4 Å². The van der Waals surface area contributed by atoms with Crippen LogP contribution < -0.4 is 15.2 Å². The molecule has 0 saturated heterocycles. The van der Waals surface area contributed by atoms with Crippen LogP contribution in [-0.2, 0) is 6.42 Å². The zero-order chi connectivity index (χ0) is 15.2. The van der Waals surface area contributed by atoms with Crippen molar-refractivity contribution in [2.24, 2.45) is 5.73 Å².